The van der Waals surface area contributed by atoms with E-state index >= 15 is 0 Å². The van der Waals surface area contributed by atoms with Gasteiger partial charge in [0.25, 0.3) is 0 Å². The minimum absolute atomic E-state index is 0.0546. The highest BCUT2D eigenvalue weighted by Crippen LogP contribution is 2.24. The number of hydrogen-bond acceptors (Lipinski definition) is 5. The van der Waals surface area contributed by atoms with Gasteiger partial charge in [0.1, 0.15) is 0 Å². The standard InChI is InChI=1S/C23H24ClN3O3/c1-16(28)18-4-8-20(9-5-18)25-10-12-26(13-11-25)21-14-22(29)27(23(21)30)15-17-2-6-19(24)7-3-17/h2-9,21H,10-15H2,1H3/t21-/m1/s1. The first-order valence-corrected chi connectivity index (χ1v) is 10.5. The average molecular weight is 426 g/mol. The third-order valence-corrected chi connectivity index (χ3v) is 6.12. The summed E-state index contributed by atoms with van der Waals surface area (Å²) in [5.41, 5.74) is 2.66. The minimum atomic E-state index is -0.382. The van der Waals surface area contributed by atoms with E-state index in [1.165, 1.54) is 4.90 Å². The van der Waals surface area contributed by atoms with Crippen molar-refractivity contribution >= 4 is 34.9 Å². The van der Waals surface area contributed by atoms with Gasteiger partial charge in [-0.25, -0.2) is 0 Å². The summed E-state index contributed by atoms with van der Waals surface area (Å²) in [6.45, 7) is 4.82. The van der Waals surface area contributed by atoms with Crippen LogP contribution in [0.15, 0.2) is 48.5 Å². The topological polar surface area (TPSA) is 60.9 Å². The summed E-state index contributed by atoms with van der Waals surface area (Å²) in [6.07, 6.45) is 0.236. The van der Waals surface area contributed by atoms with Crippen LogP contribution in [-0.2, 0) is 16.1 Å². The highest BCUT2D eigenvalue weighted by Gasteiger charge is 2.42. The number of hydrogen-bond donors (Lipinski definition) is 0. The van der Waals surface area contributed by atoms with Gasteiger partial charge < -0.3 is 4.90 Å². The number of carbonyl (C=O) groups is 3. The fourth-order valence-corrected chi connectivity index (χ4v) is 4.21. The Bertz CT molecular complexity index is 951. The fraction of sp³-hybridized carbons (Fsp3) is 0.348. The van der Waals surface area contributed by atoms with Crippen molar-refractivity contribution in [2.24, 2.45) is 0 Å². The van der Waals surface area contributed by atoms with E-state index < -0.39 is 0 Å². The number of likely N-dealkylation sites (tertiary alicyclic amines) is 1. The Morgan fingerprint density at radius 2 is 1.60 bits per heavy atom. The molecule has 6 nitrogen and oxygen atoms in total. The fourth-order valence-electron chi connectivity index (χ4n) is 4.09. The summed E-state index contributed by atoms with van der Waals surface area (Å²) in [6, 6.07) is 14.4. The van der Waals surface area contributed by atoms with Gasteiger partial charge in [0.05, 0.1) is 19.0 Å². The predicted molar refractivity (Wildman–Crippen MR) is 116 cm³/mol. The number of rotatable bonds is 5. The average Bonchev–Trinajstić information content (AvgIpc) is 3.04. The van der Waals surface area contributed by atoms with E-state index in [4.69, 9.17) is 11.6 Å². The molecule has 2 heterocycles. The summed E-state index contributed by atoms with van der Waals surface area (Å²) >= 11 is 5.91. The number of nitrogens with zero attached hydrogens (tertiary/aromatic N) is 3. The maximum absolute atomic E-state index is 12.9. The SMILES string of the molecule is CC(=O)c1ccc(N2CCN([C@@H]3CC(=O)N(Cc4ccc(Cl)cc4)C3=O)CC2)cc1. The first-order chi connectivity index (χ1) is 14.4. The van der Waals surface area contributed by atoms with Crippen molar-refractivity contribution in [3.63, 3.8) is 0 Å². The van der Waals surface area contributed by atoms with Crippen LogP contribution in [0.3, 0.4) is 0 Å². The number of benzene rings is 2. The van der Waals surface area contributed by atoms with Gasteiger partial charge in [0.2, 0.25) is 11.8 Å². The van der Waals surface area contributed by atoms with E-state index in [2.05, 4.69) is 9.80 Å². The molecule has 2 amide bonds. The van der Waals surface area contributed by atoms with E-state index in [-0.39, 0.29) is 36.6 Å². The van der Waals surface area contributed by atoms with E-state index in [9.17, 15) is 14.4 Å². The Balaban J connectivity index is 1.36. The Kier molecular flexibility index (Phi) is 5.88. The molecule has 0 saturated carbocycles. The molecule has 0 aromatic heterocycles. The van der Waals surface area contributed by atoms with Crippen LogP contribution < -0.4 is 4.90 Å². The van der Waals surface area contributed by atoms with E-state index in [1.54, 1.807) is 19.1 Å². The molecule has 0 N–H and O–H groups in total. The molecule has 0 unspecified atom stereocenters. The van der Waals surface area contributed by atoms with Crippen molar-refractivity contribution < 1.29 is 14.4 Å². The molecule has 2 saturated heterocycles. The number of imide groups is 1. The second-order valence-corrected chi connectivity index (χ2v) is 8.23. The van der Waals surface area contributed by atoms with Gasteiger partial charge >= 0.3 is 0 Å². The molecule has 4 rings (SSSR count). The van der Waals surface area contributed by atoms with Gasteiger partial charge in [-0.3, -0.25) is 24.2 Å². The number of Topliss-reactive ketones (excluding diaryl/α,β-unsaturated/α-hetero) is 1. The van der Waals surface area contributed by atoms with Crippen LogP contribution in [0.2, 0.25) is 5.02 Å². The molecule has 0 bridgehead atoms. The zero-order valence-electron chi connectivity index (χ0n) is 16.9. The molecule has 2 aromatic carbocycles. The molecule has 0 radical (unpaired) electrons. The molecule has 2 aliphatic heterocycles. The molecular weight excluding hydrogens is 402 g/mol. The highest BCUT2D eigenvalue weighted by atomic mass is 35.5. The number of amides is 2. The van der Waals surface area contributed by atoms with E-state index in [0.717, 1.165) is 24.3 Å². The van der Waals surface area contributed by atoms with E-state index in [1.807, 2.05) is 36.4 Å². The molecular formula is C23H24ClN3O3. The van der Waals surface area contributed by atoms with Crippen LogP contribution in [-0.4, -0.2) is 59.6 Å². The van der Waals surface area contributed by atoms with Gasteiger partial charge in [-0.05, 0) is 48.9 Å². The molecule has 7 heteroatoms. The molecule has 2 fully saturated rings. The van der Waals surface area contributed by atoms with E-state index in [0.29, 0.717) is 23.7 Å². The minimum Gasteiger partial charge on any atom is -0.369 e. The number of anilines is 1. The molecule has 156 valence electrons. The Morgan fingerprint density at radius 1 is 0.967 bits per heavy atom. The normalized spacial score (nSPS) is 20.1. The first kappa shape index (κ1) is 20.6. The van der Waals surface area contributed by atoms with Crippen LogP contribution in [0.25, 0.3) is 0 Å². The van der Waals surface area contributed by atoms with Gasteiger partial charge in [-0.1, -0.05) is 23.7 Å². The second-order valence-electron chi connectivity index (χ2n) is 7.79. The third kappa shape index (κ3) is 4.25. The van der Waals surface area contributed by atoms with Crippen molar-refractivity contribution in [3.05, 3.63) is 64.7 Å². The molecule has 30 heavy (non-hydrogen) atoms. The summed E-state index contributed by atoms with van der Waals surface area (Å²) in [5.74, 6) is -0.185. The van der Waals surface area contributed by atoms with Gasteiger partial charge in [-0.15, -0.1) is 0 Å². The van der Waals surface area contributed by atoms with Crippen molar-refractivity contribution in [3.8, 4) is 0 Å². The Morgan fingerprint density at radius 3 is 2.20 bits per heavy atom. The van der Waals surface area contributed by atoms with Crippen molar-refractivity contribution in [2.75, 3.05) is 31.1 Å². The lowest BCUT2D eigenvalue weighted by Gasteiger charge is -2.38. The van der Waals surface area contributed by atoms with Crippen molar-refractivity contribution in [1.29, 1.82) is 0 Å². The third-order valence-electron chi connectivity index (χ3n) is 5.87. The zero-order valence-corrected chi connectivity index (χ0v) is 17.6. The number of carbonyl (C=O) groups excluding carboxylic acids is 3. The zero-order chi connectivity index (χ0) is 21.3. The van der Waals surface area contributed by atoms with Gasteiger partial charge in [0, 0.05) is 42.5 Å². The predicted octanol–water partition coefficient (Wildman–Crippen LogP) is 2.99. The maximum atomic E-state index is 12.9. The Labute approximate surface area is 181 Å². The second kappa shape index (κ2) is 8.58. The quantitative estimate of drug-likeness (QED) is 0.544. The molecule has 2 aromatic rings. The number of halogens is 1. The molecule has 2 aliphatic rings. The Hall–Kier alpha value is -2.70. The van der Waals surface area contributed by atoms with Crippen LogP contribution in [0.4, 0.5) is 5.69 Å². The lowest BCUT2D eigenvalue weighted by Crippen LogP contribution is -2.52. The van der Waals surface area contributed by atoms with Crippen LogP contribution in [0.5, 0.6) is 0 Å². The summed E-state index contributed by atoms with van der Waals surface area (Å²) < 4.78 is 0. The number of ketones is 1. The lowest BCUT2D eigenvalue weighted by atomic mass is 10.1. The van der Waals surface area contributed by atoms with Gasteiger partial charge in [-0.2, -0.15) is 0 Å². The summed E-state index contributed by atoms with van der Waals surface area (Å²) in [4.78, 5) is 42.6. The monoisotopic (exact) mass is 425 g/mol. The smallest absolute Gasteiger partial charge is 0.247 e. The highest BCUT2D eigenvalue weighted by molar-refractivity contribution is 6.30. The van der Waals surface area contributed by atoms with Crippen molar-refractivity contribution in [1.82, 2.24) is 9.80 Å². The maximum Gasteiger partial charge on any atom is 0.247 e. The van der Waals surface area contributed by atoms with Crippen LogP contribution >= 0.6 is 11.6 Å². The number of piperazine rings is 1. The summed E-state index contributed by atoms with van der Waals surface area (Å²) in [7, 11) is 0. The lowest BCUT2D eigenvalue weighted by molar-refractivity contribution is -0.140. The first-order valence-electron chi connectivity index (χ1n) is 10.1. The molecule has 0 aliphatic carbocycles. The molecule has 0 spiro atoms. The summed E-state index contributed by atoms with van der Waals surface area (Å²) in [5, 5.41) is 0.629. The van der Waals surface area contributed by atoms with Crippen molar-refractivity contribution in [2.45, 2.75) is 25.9 Å². The van der Waals surface area contributed by atoms with Crippen LogP contribution in [0.1, 0.15) is 29.3 Å². The van der Waals surface area contributed by atoms with Gasteiger partial charge in [0.15, 0.2) is 5.78 Å². The largest absolute Gasteiger partial charge is 0.369 e. The van der Waals surface area contributed by atoms with Crippen LogP contribution in [0, 0.1) is 0 Å². The molecule has 1 atom stereocenters.